The largest absolute Gasteiger partial charge is 0.240 e. The van der Waals surface area contributed by atoms with Gasteiger partial charge in [0.25, 0.3) is 0 Å². The number of hydrogen-bond donors (Lipinski definition) is 1. The number of allylic oxidation sites excluding steroid dienone is 2. The van der Waals surface area contributed by atoms with Gasteiger partial charge in [-0.05, 0) is 43.8 Å². The third-order valence-electron chi connectivity index (χ3n) is 2.30. The SMILES string of the molecule is C=CC.C=CC.CC.CNS(=O)(=O)c1ccc2ccccc2c1. The number of hydrogen-bond acceptors (Lipinski definition) is 2. The Morgan fingerprint density at radius 3 is 1.78 bits per heavy atom. The van der Waals surface area contributed by atoms with Gasteiger partial charge in [-0.15, -0.1) is 13.2 Å². The molecule has 0 spiro atoms. The van der Waals surface area contributed by atoms with E-state index in [1.54, 1.807) is 30.4 Å². The van der Waals surface area contributed by atoms with E-state index in [0.29, 0.717) is 4.90 Å². The van der Waals surface area contributed by atoms with Crippen LogP contribution in [0, 0.1) is 0 Å². The summed E-state index contributed by atoms with van der Waals surface area (Å²) in [5.41, 5.74) is 0. The molecule has 0 unspecified atom stereocenters. The zero-order valence-corrected chi connectivity index (χ0v) is 15.7. The average Bonchev–Trinajstić information content (AvgIpc) is 2.57. The molecule has 0 saturated carbocycles. The molecule has 0 amide bonds. The van der Waals surface area contributed by atoms with Gasteiger partial charge in [0, 0.05) is 0 Å². The summed E-state index contributed by atoms with van der Waals surface area (Å²) in [6.45, 7) is 14.5. The highest BCUT2D eigenvalue weighted by molar-refractivity contribution is 7.89. The van der Waals surface area contributed by atoms with E-state index in [1.807, 2.05) is 52.0 Å². The smallest absolute Gasteiger partial charge is 0.214 e. The van der Waals surface area contributed by atoms with Gasteiger partial charge in [-0.3, -0.25) is 0 Å². The molecule has 128 valence electrons. The third-order valence-corrected chi connectivity index (χ3v) is 3.71. The summed E-state index contributed by atoms with van der Waals surface area (Å²) >= 11 is 0. The maximum absolute atomic E-state index is 11.5. The van der Waals surface area contributed by atoms with Crippen LogP contribution in [0.25, 0.3) is 10.8 Å². The van der Waals surface area contributed by atoms with Crippen molar-refractivity contribution in [3.8, 4) is 0 Å². The van der Waals surface area contributed by atoms with E-state index in [-0.39, 0.29) is 0 Å². The molecule has 0 radical (unpaired) electrons. The summed E-state index contributed by atoms with van der Waals surface area (Å²) in [5, 5.41) is 1.96. The van der Waals surface area contributed by atoms with Crippen LogP contribution in [0.15, 0.2) is 72.7 Å². The highest BCUT2D eigenvalue weighted by Crippen LogP contribution is 2.18. The lowest BCUT2D eigenvalue weighted by atomic mass is 10.1. The molecule has 0 aromatic heterocycles. The molecule has 2 rings (SSSR count). The zero-order chi connectivity index (χ0) is 18.3. The van der Waals surface area contributed by atoms with Crippen LogP contribution in [0.3, 0.4) is 0 Å². The maximum atomic E-state index is 11.5. The second-order valence-electron chi connectivity index (χ2n) is 4.03. The lowest BCUT2D eigenvalue weighted by Gasteiger charge is -2.03. The highest BCUT2D eigenvalue weighted by Gasteiger charge is 2.10. The predicted octanol–water partition coefficient (Wildman–Crippen LogP) is 5.16. The van der Waals surface area contributed by atoms with E-state index in [2.05, 4.69) is 17.9 Å². The van der Waals surface area contributed by atoms with E-state index in [9.17, 15) is 8.42 Å². The van der Waals surface area contributed by atoms with Gasteiger partial charge in [0.1, 0.15) is 0 Å². The first kappa shape index (κ1) is 23.4. The van der Waals surface area contributed by atoms with E-state index in [4.69, 9.17) is 0 Å². The van der Waals surface area contributed by atoms with Crippen molar-refractivity contribution in [3.05, 3.63) is 67.8 Å². The Morgan fingerprint density at radius 1 is 0.913 bits per heavy atom. The van der Waals surface area contributed by atoms with Gasteiger partial charge in [-0.1, -0.05) is 56.3 Å². The first-order valence-corrected chi connectivity index (χ1v) is 9.01. The maximum Gasteiger partial charge on any atom is 0.240 e. The number of sulfonamides is 1. The Morgan fingerprint density at radius 2 is 1.35 bits per heavy atom. The fourth-order valence-corrected chi connectivity index (χ4v) is 2.22. The molecule has 2 aromatic rings. The third kappa shape index (κ3) is 8.96. The average molecular weight is 336 g/mol. The molecule has 0 aliphatic carbocycles. The molecular weight excluding hydrogens is 306 g/mol. The normalized spacial score (nSPS) is 9.09. The van der Waals surface area contributed by atoms with E-state index >= 15 is 0 Å². The van der Waals surface area contributed by atoms with Crippen LogP contribution in [-0.2, 0) is 10.0 Å². The minimum absolute atomic E-state index is 0.295. The molecule has 23 heavy (non-hydrogen) atoms. The van der Waals surface area contributed by atoms with Crippen molar-refractivity contribution in [2.24, 2.45) is 0 Å². The summed E-state index contributed by atoms with van der Waals surface area (Å²) in [6, 6.07) is 12.7. The van der Waals surface area contributed by atoms with Gasteiger partial charge >= 0.3 is 0 Å². The lowest BCUT2D eigenvalue weighted by Crippen LogP contribution is -2.18. The van der Waals surface area contributed by atoms with Gasteiger partial charge in [-0.25, -0.2) is 13.1 Å². The summed E-state index contributed by atoms with van der Waals surface area (Å²) in [7, 11) is -1.93. The van der Waals surface area contributed by atoms with Crippen LogP contribution in [0.2, 0.25) is 0 Å². The van der Waals surface area contributed by atoms with E-state index in [0.717, 1.165) is 10.8 Å². The molecule has 2 aromatic carbocycles. The molecule has 0 heterocycles. The number of nitrogens with one attached hydrogen (secondary N) is 1. The minimum Gasteiger partial charge on any atom is -0.214 e. The second-order valence-corrected chi connectivity index (χ2v) is 5.92. The second kappa shape index (κ2) is 13.7. The van der Waals surface area contributed by atoms with Gasteiger partial charge in [-0.2, -0.15) is 0 Å². The molecule has 0 saturated heterocycles. The van der Waals surface area contributed by atoms with Crippen LogP contribution >= 0.6 is 0 Å². The molecule has 1 N–H and O–H groups in total. The molecule has 4 heteroatoms. The summed E-state index contributed by atoms with van der Waals surface area (Å²) in [6.07, 6.45) is 3.50. The Bertz CT molecular complexity index is 671. The molecule has 3 nitrogen and oxygen atoms in total. The molecule has 0 atom stereocenters. The van der Waals surface area contributed by atoms with Crippen molar-refractivity contribution < 1.29 is 8.42 Å². The van der Waals surface area contributed by atoms with Crippen molar-refractivity contribution in [2.75, 3.05) is 7.05 Å². The van der Waals surface area contributed by atoms with Crippen LogP contribution in [-0.4, -0.2) is 15.5 Å². The van der Waals surface area contributed by atoms with Crippen molar-refractivity contribution in [2.45, 2.75) is 32.6 Å². The predicted molar refractivity (Wildman–Crippen MR) is 103 cm³/mol. The Balaban J connectivity index is 0. The minimum atomic E-state index is -3.34. The molecule has 0 aliphatic heterocycles. The first-order chi connectivity index (χ1) is 11.0. The van der Waals surface area contributed by atoms with E-state index in [1.165, 1.54) is 7.05 Å². The fourth-order valence-electron chi connectivity index (χ4n) is 1.45. The van der Waals surface area contributed by atoms with Crippen molar-refractivity contribution in [3.63, 3.8) is 0 Å². The molecule has 0 bridgehead atoms. The van der Waals surface area contributed by atoms with Gasteiger partial charge in [0.15, 0.2) is 0 Å². The van der Waals surface area contributed by atoms with Crippen molar-refractivity contribution in [1.29, 1.82) is 0 Å². The molecule has 0 aliphatic rings. The Kier molecular flexibility index (Phi) is 13.9. The Labute approximate surface area is 141 Å². The summed E-state index contributed by atoms with van der Waals surface area (Å²) in [5.74, 6) is 0. The number of rotatable bonds is 2. The van der Waals surface area contributed by atoms with Gasteiger partial charge < -0.3 is 0 Å². The Hall–Kier alpha value is -1.91. The van der Waals surface area contributed by atoms with Crippen LogP contribution in [0.4, 0.5) is 0 Å². The van der Waals surface area contributed by atoms with Gasteiger partial charge in [0.05, 0.1) is 4.90 Å². The van der Waals surface area contributed by atoms with Crippen LogP contribution in [0.1, 0.15) is 27.7 Å². The standard InChI is InChI=1S/C11H11NO2S.2C3H6.C2H6/c1-12-15(13,14)11-7-6-9-4-2-3-5-10(9)8-11;2*1-3-2;1-2/h2-8,12H,1H3;2*3H,1H2,2H3;1-2H3. The highest BCUT2D eigenvalue weighted by atomic mass is 32.2. The zero-order valence-electron chi connectivity index (χ0n) is 14.8. The summed E-state index contributed by atoms with van der Waals surface area (Å²) in [4.78, 5) is 0.295. The van der Waals surface area contributed by atoms with Crippen molar-refractivity contribution >= 4 is 20.8 Å². The molecular formula is C19H29NO2S. The van der Waals surface area contributed by atoms with Crippen LogP contribution < -0.4 is 4.72 Å². The van der Waals surface area contributed by atoms with Crippen molar-refractivity contribution in [1.82, 2.24) is 4.72 Å². The lowest BCUT2D eigenvalue weighted by molar-refractivity contribution is 0.588. The number of benzene rings is 2. The topological polar surface area (TPSA) is 46.2 Å². The van der Waals surface area contributed by atoms with Crippen LogP contribution in [0.5, 0.6) is 0 Å². The molecule has 0 fully saturated rings. The number of fused-ring (bicyclic) bond motifs is 1. The fraction of sp³-hybridized carbons (Fsp3) is 0.263. The monoisotopic (exact) mass is 335 g/mol. The first-order valence-electron chi connectivity index (χ1n) is 7.53. The summed E-state index contributed by atoms with van der Waals surface area (Å²) < 4.78 is 25.4. The van der Waals surface area contributed by atoms with Gasteiger partial charge in [0.2, 0.25) is 10.0 Å². The van der Waals surface area contributed by atoms with E-state index < -0.39 is 10.0 Å². The quantitative estimate of drug-likeness (QED) is 0.771.